The fourth-order valence-corrected chi connectivity index (χ4v) is 1.71. The molecular formula is C10H17N3O2. The van der Waals surface area contributed by atoms with E-state index in [1.54, 1.807) is 6.33 Å². The lowest BCUT2D eigenvalue weighted by molar-refractivity contribution is 0.0267. The smallest absolute Gasteiger partial charge is 0.103 e. The molecule has 2 rings (SSSR count). The number of ether oxygens (including phenoxy) is 1. The lowest BCUT2D eigenvalue weighted by atomic mass is 10.0. The van der Waals surface area contributed by atoms with E-state index in [1.807, 2.05) is 17.8 Å². The Morgan fingerprint density at radius 2 is 2.60 bits per heavy atom. The second kappa shape index (κ2) is 4.30. The summed E-state index contributed by atoms with van der Waals surface area (Å²) in [7, 11) is 1.96. The number of aliphatic hydroxyl groups is 1. The van der Waals surface area contributed by atoms with Crippen LogP contribution in [0.2, 0.25) is 0 Å². The summed E-state index contributed by atoms with van der Waals surface area (Å²) < 4.78 is 7.12. The molecule has 0 bridgehead atoms. The maximum Gasteiger partial charge on any atom is 0.103 e. The molecule has 1 aromatic heterocycles. The molecule has 84 valence electrons. The Balaban J connectivity index is 1.77. The minimum Gasteiger partial charge on any atom is -0.386 e. The van der Waals surface area contributed by atoms with Crippen LogP contribution in [0.1, 0.15) is 12.1 Å². The molecule has 0 amide bonds. The Labute approximate surface area is 89.1 Å². The molecule has 1 fully saturated rings. The van der Waals surface area contributed by atoms with Crippen molar-refractivity contribution in [1.82, 2.24) is 14.9 Å². The fraction of sp³-hybridized carbons (Fsp3) is 0.700. The number of aryl methyl sites for hydroxylation is 1. The average Bonchev–Trinajstić information content (AvgIpc) is 2.78. The van der Waals surface area contributed by atoms with Crippen LogP contribution in [-0.4, -0.2) is 40.0 Å². The molecule has 0 aromatic carbocycles. The fourth-order valence-electron chi connectivity index (χ4n) is 1.71. The molecule has 1 saturated heterocycles. The monoisotopic (exact) mass is 211 g/mol. The Morgan fingerprint density at radius 1 is 1.73 bits per heavy atom. The van der Waals surface area contributed by atoms with Crippen LogP contribution >= 0.6 is 0 Å². The summed E-state index contributed by atoms with van der Waals surface area (Å²) in [5, 5.41) is 13.2. The maximum atomic E-state index is 9.98. The zero-order valence-corrected chi connectivity index (χ0v) is 8.94. The van der Waals surface area contributed by atoms with Gasteiger partial charge in [0.1, 0.15) is 5.60 Å². The van der Waals surface area contributed by atoms with Crippen molar-refractivity contribution in [2.75, 3.05) is 19.8 Å². The molecule has 2 N–H and O–H groups in total. The van der Waals surface area contributed by atoms with Gasteiger partial charge in [-0.15, -0.1) is 0 Å². The lowest BCUT2D eigenvalue weighted by Gasteiger charge is -2.20. The standard InChI is InChI=1S/C10H17N3O2/c1-13-8-12-5-9(13)4-11-6-10(14)2-3-15-7-10/h5,8,11,14H,2-4,6-7H2,1H3. The Kier molecular flexibility index (Phi) is 3.04. The van der Waals surface area contributed by atoms with Crippen molar-refractivity contribution >= 4 is 0 Å². The minimum atomic E-state index is -0.682. The van der Waals surface area contributed by atoms with Crippen molar-refractivity contribution in [3.05, 3.63) is 18.2 Å². The molecule has 15 heavy (non-hydrogen) atoms. The van der Waals surface area contributed by atoms with Crippen molar-refractivity contribution < 1.29 is 9.84 Å². The first-order valence-electron chi connectivity index (χ1n) is 5.16. The summed E-state index contributed by atoms with van der Waals surface area (Å²) in [4.78, 5) is 4.03. The second-order valence-electron chi connectivity index (χ2n) is 4.13. The van der Waals surface area contributed by atoms with Crippen LogP contribution in [0, 0.1) is 0 Å². The first kappa shape index (κ1) is 10.6. The maximum absolute atomic E-state index is 9.98. The van der Waals surface area contributed by atoms with Gasteiger partial charge in [0.15, 0.2) is 0 Å². The quantitative estimate of drug-likeness (QED) is 0.715. The number of imidazole rings is 1. The minimum absolute atomic E-state index is 0.436. The van der Waals surface area contributed by atoms with Gasteiger partial charge in [-0.25, -0.2) is 4.98 Å². The highest BCUT2D eigenvalue weighted by molar-refractivity contribution is 4.97. The van der Waals surface area contributed by atoms with Gasteiger partial charge in [0.2, 0.25) is 0 Å². The van der Waals surface area contributed by atoms with E-state index in [0.717, 1.165) is 12.2 Å². The topological polar surface area (TPSA) is 59.3 Å². The number of aromatic nitrogens is 2. The Hall–Kier alpha value is -0.910. The Morgan fingerprint density at radius 3 is 3.20 bits per heavy atom. The molecule has 1 aliphatic rings. The van der Waals surface area contributed by atoms with Crippen molar-refractivity contribution in [2.24, 2.45) is 7.05 Å². The Bertz CT molecular complexity index is 318. The highest BCUT2D eigenvalue weighted by Crippen LogP contribution is 2.16. The number of nitrogens with one attached hydrogen (secondary N) is 1. The van der Waals surface area contributed by atoms with E-state index in [1.165, 1.54) is 0 Å². The third kappa shape index (κ3) is 2.56. The molecule has 2 heterocycles. The molecule has 0 saturated carbocycles. The average molecular weight is 211 g/mol. The number of hydrogen-bond donors (Lipinski definition) is 2. The molecule has 5 heteroatoms. The van der Waals surface area contributed by atoms with E-state index in [4.69, 9.17) is 4.74 Å². The van der Waals surface area contributed by atoms with Crippen LogP contribution in [0.15, 0.2) is 12.5 Å². The van der Waals surface area contributed by atoms with Gasteiger partial charge in [0.25, 0.3) is 0 Å². The van der Waals surface area contributed by atoms with Crippen LogP contribution in [0.3, 0.4) is 0 Å². The predicted octanol–water partition coefficient (Wildman–Crippen LogP) is -0.339. The lowest BCUT2D eigenvalue weighted by Crippen LogP contribution is -2.40. The van der Waals surface area contributed by atoms with Crippen LogP contribution in [-0.2, 0) is 18.3 Å². The SMILES string of the molecule is Cn1cncc1CNCC1(O)CCOC1. The van der Waals surface area contributed by atoms with Crippen LogP contribution < -0.4 is 5.32 Å². The number of hydrogen-bond acceptors (Lipinski definition) is 4. The van der Waals surface area contributed by atoms with Crippen LogP contribution in [0.25, 0.3) is 0 Å². The summed E-state index contributed by atoms with van der Waals surface area (Å²) in [5.74, 6) is 0. The summed E-state index contributed by atoms with van der Waals surface area (Å²) in [5.41, 5.74) is 0.427. The van der Waals surface area contributed by atoms with Gasteiger partial charge in [-0.1, -0.05) is 0 Å². The third-order valence-corrected chi connectivity index (χ3v) is 2.76. The normalized spacial score (nSPS) is 26.0. The van der Waals surface area contributed by atoms with Gasteiger partial charge in [0.05, 0.1) is 18.6 Å². The zero-order valence-electron chi connectivity index (χ0n) is 8.94. The van der Waals surface area contributed by atoms with E-state index in [9.17, 15) is 5.11 Å². The molecule has 1 atom stereocenters. The summed E-state index contributed by atoms with van der Waals surface area (Å²) in [6, 6.07) is 0. The zero-order chi connectivity index (χ0) is 10.7. The highest BCUT2D eigenvalue weighted by Gasteiger charge is 2.31. The first-order valence-corrected chi connectivity index (χ1v) is 5.16. The van der Waals surface area contributed by atoms with Crippen molar-refractivity contribution in [2.45, 2.75) is 18.6 Å². The van der Waals surface area contributed by atoms with Gasteiger partial charge in [0, 0.05) is 39.4 Å². The summed E-state index contributed by atoms with van der Waals surface area (Å²) >= 11 is 0. The number of nitrogens with zero attached hydrogens (tertiary/aromatic N) is 2. The molecule has 5 nitrogen and oxygen atoms in total. The van der Waals surface area contributed by atoms with Crippen LogP contribution in [0.5, 0.6) is 0 Å². The van der Waals surface area contributed by atoms with Gasteiger partial charge in [-0.2, -0.15) is 0 Å². The molecule has 0 radical (unpaired) electrons. The van der Waals surface area contributed by atoms with E-state index in [0.29, 0.717) is 26.2 Å². The number of rotatable bonds is 4. The first-order chi connectivity index (χ1) is 7.20. The molecule has 0 spiro atoms. The van der Waals surface area contributed by atoms with E-state index in [-0.39, 0.29) is 0 Å². The molecule has 0 aliphatic carbocycles. The third-order valence-electron chi connectivity index (χ3n) is 2.76. The van der Waals surface area contributed by atoms with E-state index >= 15 is 0 Å². The predicted molar refractivity (Wildman–Crippen MR) is 55.3 cm³/mol. The van der Waals surface area contributed by atoms with Gasteiger partial charge in [-0.05, 0) is 0 Å². The molecule has 1 aliphatic heterocycles. The molecular weight excluding hydrogens is 194 g/mol. The largest absolute Gasteiger partial charge is 0.386 e. The van der Waals surface area contributed by atoms with Gasteiger partial charge in [-0.3, -0.25) is 0 Å². The van der Waals surface area contributed by atoms with Crippen LogP contribution in [0.4, 0.5) is 0 Å². The van der Waals surface area contributed by atoms with Gasteiger partial charge < -0.3 is 19.7 Å². The molecule has 1 aromatic rings. The second-order valence-corrected chi connectivity index (χ2v) is 4.13. The molecule has 1 unspecified atom stereocenters. The van der Waals surface area contributed by atoms with Crippen molar-refractivity contribution in [3.63, 3.8) is 0 Å². The van der Waals surface area contributed by atoms with Crippen molar-refractivity contribution in [1.29, 1.82) is 0 Å². The highest BCUT2D eigenvalue weighted by atomic mass is 16.5. The summed E-state index contributed by atoms with van der Waals surface area (Å²) in [6.07, 6.45) is 4.30. The van der Waals surface area contributed by atoms with E-state index in [2.05, 4.69) is 10.3 Å². The van der Waals surface area contributed by atoms with E-state index < -0.39 is 5.60 Å². The van der Waals surface area contributed by atoms with Gasteiger partial charge >= 0.3 is 0 Å². The summed E-state index contributed by atoms with van der Waals surface area (Å²) in [6.45, 7) is 2.38. The van der Waals surface area contributed by atoms with Crippen molar-refractivity contribution in [3.8, 4) is 0 Å².